The molecule has 0 aromatic rings. The van der Waals surface area contributed by atoms with E-state index in [2.05, 4.69) is 0 Å². The maximum absolute atomic E-state index is 5.69. The second-order valence-corrected chi connectivity index (χ2v) is 5.24. The second kappa shape index (κ2) is 2.35. The summed E-state index contributed by atoms with van der Waals surface area (Å²) >= 11 is 0. The molecular weight excluding hydrogens is 176 g/mol. The fraction of sp³-hybridized carbons (Fsp3) is 1.00. The van der Waals surface area contributed by atoms with Gasteiger partial charge in [0.2, 0.25) is 0 Å². The zero-order chi connectivity index (χ0) is 9.45. The first kappa shape index (κ1) is 8.12. The lowest BCUT2D eigenvalue weighted by atomic mass is 9.81. The van der Waals surface area contributed by atoms with Gasteiger partial charge in [-0.3, -0.25) is 0 Å². The lowest BCUT2D eigenvalue weighted by Crippen LogP contribution is -2.27. The van der Waals surface area contributed by atoms with Crippen LogP contribution in [0.25, 0.3) is 0 Å². The molecule has 0 spiro atoms. The fourth-order valence-electron chi connectivity index (χ4n) is 4.58. The normalized spacial score (nSPS) is 69.0. The van der Waals surface area contributed by atoms with Gasteiger partial charge in [0, 0.05) is 0 Å². The van der Waals surface area contributed by atoms with E-state index in [4.69, 9.17) is 9.47 Å². The van der Waals surface area contributed by atoms with Crippen molar-refractivity contribution in [2.24, 2.45) is 23.7 Å². The van der Waals surface area contributed by atoms with Crippen molar-refractivity contribution < 1.29 is 9.47 Å². The van der Waals surface area contributed by atoms with Crippen LogP contribution in [0.1, 0.15) is 26.7 Å². The van der Waals surface area contributed by atoms with Crippen LogP contribution in [0.5, 0.6) is 0 Å². The van der Waals surface area contributed by atoms with Crippen LogP contribution in [-0.2, 0) is 9.47 Å². The van der Waals surface area contributed by atoms with Crippen LogP contribution in [0.2, 0.25) is 0 Å². The minimum Gasteiger partial charge on any atom is -0.369 e. The molecule has 14 heavy (non-hydrogen) atoms. The molecule has 2 aliphatic heterocycles. The molecule has 5 rings (SSSR count). The lowest BCUT2D eigenvalue weighted by molar-refractivity contribution is 0.162. The van der Waals surface area contributed by atoms with Crippen molar-refractivity contribution in [2.45, 2.75) is 51.1 Å². The highest BCUT2D eigenvalue weighted by molar-refractivity contribution is 5.21. The van der Waals surface area contributed by atoms with Crippen LogP contribution >= 0.6 is 0 Å². The van der Waals surface area contributed by atoms with Crippen molar-refractivity contribution >= 4 is 0 Å². The molecule has 3 saturated carbocycles. The van der Waals surface area contributed by atoms with Crippen LogP contribution in [-0.4, -0.2) is 24.4 Å². The van der Waals surface area contributed by atoms with Crippen LogP contribution in [0, 0.1) is 23.7 Å². The fourth-order valence-corrected chi connectivity index (χ4v) is 4.58. The third-order valence-electron chi connectivity index (χ3n) is 4.99. The average molecular weight is 194 g/mol. The third kappa shape index (κ3) is 0.737. The molecule has 3 aliphatic carbocycles. The van der Waals surface area contributed by atoms with Gasteiger partial charge in [-0.05, 0) is 36.5 Å². The van der Waals surface area contributed by atoms with Crippen LogP contribution in [0.4, 0.5) is 0 Å². The van der Waals surface area contributed by atoms with Crippen LogP contribution in [0.15, 0.2) is 0 Å². The molecule has 0 aromatic heterocycles. The molecule has 5 aliphatic rings. The summed E-state index contributed by atoms with van der Waals surface area (Å²) in [5.41, 5.74) is 0. The Morgan fingerprint density at radius 3 is 2.43 bits per heavy atom. The average Bonchev–Trinajstić information content (AvgIpc) is 3.09. The Balaban J connectivity index is 0.000000275. The lowest BCUT2D eigenvalue weighted by Gasteiger charge is -2.22. The predicted octanol–water partition coefficient (Wildman–Crippen LogP) is 1.83. The standard InChI is InChI=1S/C10H12O2.C2H6/c1-4-3-2-6-10(11-6)7(3)5(1)9-8(4)12-9;1-2/h3-10H,1-2H2;1-2H3. The molecule has 5 fully saturated rings. The summed E-state index contributed by atoms with van der Waals surface area (Å²) in [6.07, 6.45) is 5.58. The summed E-state index contributed by atoms with van der Waals surface area (Å²) in [6, 6.07) is 0. The van der Waals surface area contributed by atoms with Crippen molar-refractivity contribution in [1.29, 1.82) is 0 Å². The van der Waals surface area contributed by atoms with E-state index in [0.717, 1.165) is 23.7 Å². The largest absolute Gasteiger partial charge is 0.369 e. The molecule has 0 radical (unpaired) electrons. The van der Waals surface area contributed by atoms with Crippen LogP contribution < -0.4 is 0 Å². The molecule has 2 bridgehead atoms. The third-order valence-corrected chi connectivity index (χ3v) is 4.99. The van der Waals surface area contributed by atoms with Crippen molar-refractivity contribution in [1.82, 2.24) is 0 Å². The number of hydrogen-bond donors (Lipinski definition) is 0. The summed E-state index contributed by atoms with van der Waals surface area (Å²) in [6.45, 7) is 4.00. The summed E-state index contributed by atoms with van der Waals surface area (Å²) in [4.78, 5) is 0. The number of rotatable bonds is 0. The highest BCUT2D eigenvalue weighted by atomic mass is 16.6. The van der Waals surface area contributed by atoms with E-state index in [1.807, 2.05) is 13.8 Å². The minimum absolute atomic E-state index is 0.676. The first-order valence-corrected chi connectivity index (χ1v) is 6.24. The minimum atomic E-state index is 0.676. The Hall–Kier alpha value is -0.0800. The monoisotopic (exact) mass is 194 g/mol. The van der Waals surface area contributed by atoms with Crippen LogP contribution in [0.3, 0.4) is 0 Å². The molecule has 2 nitrogen and oxygen atoms in total. The molecule has 78 valence electrons. The van der Waals surface area contributed by atoms with Gasteiger partial charge in [0.05, 0.1) is 24.4 Å². The highest BCUT2D eigenvalue weighted by Gasteiger charge is 2.74. The van der Waals surface area contributed by atoms with E-state index in [0.29, 0.717) is 24.4 Å². The smallest absolute Gasteiger partial charge is 0.0876 e. The van der Waals surface area contributed by atoms with Crippen molar-refractivity contribution in [3.05, 3.63) is 0 Å². The van der Waals surface area contributed by atoms with Gasteiger partial charge in [0.1, 0.15) is 0 Å². The second-order valence-electron chi connectivity index (χ2n) is 5.24. The zero-order valence-corrected chi connectivity index (χ0v) is 8.85. The molecule has 2 heterocycles. The zero-order valence-electron chi connectivity index (χ0n) is 8.85. The Morgan fingerprint density at radius 1 is 0.786 bits per heavy atom. The molecule has 0 amide bonds. The number of ether oxygens (including phenoxy) is 2. The van der Waals surface area contributed by atoms with Crippen molar-refractivity contribution in [3.8, 4) is 0 Å². The maximum Gasteiger partial charge on any atom is 0.0876 e. The molecular formula is C12H18O2. The summed E-state index contributed by atoms with van der Waals surface area (Å²) in [7, 11) is 0. The Bertz CT molecular complexity index is 273. The summed E-state index contributed by atoms with van der Waals surface area (Å²) in [5, 5.41) is 0. The van der Waals surface area contributed by atoms with E-state index in [9.17, 15) is 0 Å². The molecule has 8 atom stereocenters. The summed E-state index contributed by atoms with van der Waals surface area (Å²) < 4.78 is 11.3. The Labute approximate surface area is 85.0 Å². The topological polar surface area (TPSA) is 25.1 Å². The molecule has 2 heteroatoms. The molecule has 0 aromatic carbocycles. The Morgan fingerprint density at radius 2 is 1.57 bits per heavy atom. The first-order chi connectivity index (χ1) is 6.93. The van der Waals surface area contributed by atoms with Gasteiger partial charge in [-0.2, -0.15) is 0 Å². The van der Waals surface area contributed by atoms with E-state index in [-0.39, 0.29) is 0 Å². The van der Waals surface area contributed by atoms with E-state index >= 15 is 0 Å². The first-order valence-electron chi connectivity index (χ1n) is 6.24. The van der Waals surface area contributed by atoms with E-state index in [1.54, 1.807) is 0 Å². The van der Waals surface area contributed by atoms with Gasteiger partial charge in [-0.15, -0.1) is 0 Å². The number of fused-ring (bicyclic) bond motifs is 10. The van der Waals surface area contributed by atoms with Crippen molar-refractivity contribution in [2.75, 3.05) is 0 Å². The van der Waals surface area contributed by atoms with Gasteiger partial charge in [0.15, 0.2) is 0 Å². The molecule has 0 N–H and O–H groups in total. The van der Waals surface area contributed by atoms with Gasteiger partial charge in [0.25, 0.3) is 0 Å². The molecule has 2 saturated heterocycles. The van der Waals surface area contributed by atoms with Gasteiger partial charge >= 0.3 is 0 Å². The molecule has 8 unspecified atom stereocenters. The van der Waals surface area contributed by atoms with E-state index < -0.39 is 0 Å². The number of epoxide rings is 2. The SMILES string of the molecule is C1C2OC2C2C1C1CC2C2OC12.CC. The quantitative estimate of drug-likeness (QED) is 0.550. The predicted molar refractivity (Wildman–Crippen MR) is 51.9 cm³/mol. The number of hydrogen-bond acceptors (Lipinski definition) is 2. The van der Waals surface area contributed by atoms with Crippen molar-refractivity contribution in [3.63, 3.8) is 0 Å². The van der Waals surface area contributed by atoms with Gasteiger partial charge in [-0.1, -0.05) is 13.8 Å². The van der Waals surface area contributed by atoms with Gasteiger partial charge < -0.3 is 9.47 Å². The Kier molecular flexibility index (Phi) is 1.37. The maximum atomic E-state index is 5.69. The highest BCUT2D eigenvalue weighted by Crippen LogP contribution is 2.69. The summed E-state index contributed by atoms with van der Waals surface area (Å²) in [5.74, 6) is 3.77. The van der Waals surface area contributed by atoms with Gasteiger partial charge in [-0.25, -0.2) is 0 Å². The van der Waals surface area contributed by atoms with E-state index in [1.165, 1.54) is 12.8 Å².